The third kappa shape index (κ3) is 5.81. The third-order valence-corrected chi connectivity index (χ3v) is 2.65. The van der Waals surface area contributed by atoms with E-state index in [4.69, 9.17) is 15.2 Å². The molecular formula is C16H26N2O4. The Morgan fingerprint density at radius 1 is 1.27 bits per heavy atom. The predicted molar refractivity (Wildman–Crippen MR) is 86.5 cm³/mol. The molecule has 4 N–H and O–H groups in total. The minimum absolute atomic E-state index is 0.146. The summed E-state index contributed by atoms with van der Waals surface area (Å²) in [6.45, 7) is 9.09. The highest BCUT2D eigenvalue weighted by atomic mass is 16.6. The number of carbonyl (C=O) groups is 1. The second-order valence-electron chi connectivity index (χ2n) is 6.99. The molecule has 0 saturated heterocycles. The van der Waals surface area contributed by atoms with Crippen molar-refractivity contribution in [1.82, 2.24) is 0 Å². The van der Waals surface area contributed by atoms with Crippen molar-refractivity contribution in [3.63, 3.8) is 0 Å². The summed E-state index contributed by atoms with van der Waals surface area (Å²) in [4.78, 5) is 11.9. The van der Waals surface area contributed by atoms with Crippen LogP contribution in [0.3, 0.4) is 0 Å². The molecule has 0 unspecified atom stereocenters. The lowest BCUT2D eigenvalue weighted by Gasteiger charge is -2.22. The predicted octanol–water partition coefficient (Wildman–Crippen LogP) is 3.03. The van der Waals surface area contributed by atoms with Crippen LogP contribution >= 0.6 is 0 Å². The molecule has 124 valence electrons. The largest absolute Gasteiger partial charge is 0.503 e. The Hall–Kier alpha value is -1.95. The lowest BCUT2D eigenvalue weighted by molar-refractivity contribution is 0.0635. The Kier molecular flexibility index (Phi) is 5.30. The molecule has 0 atom stereocenters. The highest BCUT2D eigenvalue weighted by Gasteiger charge is 2.20. The molecule has 22 heavy (non-hydrogen) atoms. The normalized spacial score (nSPS) is 12.0. The molecule has 0 saturated carbocycles. The number of rotatable bonds is 4. The Bertz CT molecular complexity index is 542. The van der Waals surface area contributed by atoms with Gasteiger partial charge in [0.2, 0.25) is 0 Å². The Balaban J connectivity index is 3.07. The SMILES string of the molecule is COc1cc(CC(C)(C)N)cc(NC(=O)OC(C)(C)C)c1O. The summed E-state index contributed by atoms with van der Waals surface area (Å²) in [5.41, 5.74) is 6.04. The Morgan fingerprint density at radius 3 is 2.32 bits per heavy atom. The molecule has 0 aromatic heterocycles. The van der Waals surface area contributed by atoms with Gasteiger partial charge in [-0.15, -0.1) is 0 Å². The topological polar surface area (TPSA) is 93.8 Å². The van der Waals surface area contributed by atoms with E-state index in [2.05, 4.69) is 5.32 Å². The van der Waals surface area contributed by atoms with E-state index >= 15 is 0 Å². The van der Waals surface area contributed by atoms with Crippen molar-refractivity contribution in [1.29, 1.82) is 0 Å². The second-order valence-corrected chi connectivity index (χ2v) is 6.99. The first-order valence-electron chi connectivity index (χ1n) is 7.10. The smallest absolute Gasteiger partial charge is 0.412 e. The number of carbonyl (C=O) groups excluding carboxylic acids is 1. The number of methoxy groups -OCH3 is 1. The molecule has 1 aromatic rings. The molecule has 1 rings (SSSR count). The van der Waals surface area contributed by atoms with Gasteiger partial charge in [0, 0.05) is 5.54 Å². The zero-order valence-corrected chi connectivity index (χ0v) is 14.1. The molecule has 0 aliphatic heterocycles. The average Bonchev–Trinajstić information content (AvgIpc) is 2.28. The Morgan fingerprint density at radius 2 is 1.86 bits per heavy atom. The van der Waals surface area contributed by atoms with Crippen LogP contribution in [0.5, 0.6) is 11.5 Å². The number of phenols is 1. The maximum Gasteiger partial charge on any atom is 0.412 e. The number of hydrogen-bond donors (Lipinski definition) is 3. The maximum absolute atomic E-state index is 11.9. The van der Waals surface area contributed by atoms with Gasteiger partial charge in [0.05, 0.1) is 12.8 Å². The molecule has 0 aliphatic carbocycles. The van der Waals surface area contributed by atoms with E-state index in [1.165, 1.54) is 7.11 Å². The van der Waals surface area contributed by atoms with Gasteiger partial charge in [-0.05, 0) is 58.7 Å². The third-order valence-electron chi connectivity index (χ3n) is 2.65. The van der Waals surface area contributed by atoms with Gasteiger partial charge in [-0.1, -0.05) is 0 Å². The summed E-state index contributed by atoms with van der Waals surface area (Å²) in [6.07, 6.45) is -0.0823. The number of benzene rings is 1. The van der Waals surface area contributed by atoms with Gasteiger partial charge in [0.1, 0.15) is 5.60 Å². The van der Waals surface area contributed by atoms with E-state index in [9.17, 15) is 9.90 Å². The zero-order chi connectivity index (χ0) is 17.1. The van der Waals surface area contributed by atoms with Crippen LogP contribution in [0.2, 0.25) is 0 Å². The van der Waals surface area contributed by atoms with E-state index in [1.807, 2.05) is 13.8 Å². The molecule has 0 spiro atoms. The number of phenolic OH excluding ortho intramolecular Hbond substituents is 1. The van der Waals surface area contributed by atoms with Gasteiger partial charge in [-0.3, -0.25) is 5.32 Å². The van der Waals surface area contributed by atoms with E-state index in [0.29, 0.717) is 6.42 Å². The lowest BCUT2D eigenvalue weighted by Crippen LogP contribution is -2.34. The maximum atomic E-state index is 11.9. The van der Waals surface area contributed by atoms with Crippen LogP contribution in [-0.4, -0.2) is 29.4 Å². The number of nitrogens with one attached hydrogen (secondary N) is 1. The molecular weight excluding hydrogens is 284 g/mol. The minimum atomic E-state index is -0.644. The number of nitrogens with two attached hydrogens (primary N) is 1. The van der Waals surface area contributed by atoms with E-state index in [-0.39, 0.29) is 17.2 Å². The molecule has 1 aromatic carbocycles. The number of amides is 1. The number of anilines is 1. The number of ether oxygens (including phenoxy) is 2. The molecule has 6 heteroatoms. The monoisotopic (exact) mass is 310 g/mol. The standard InChI is InChI=1S/C16H26N2O4/c1-15(2,3)22-14(20)18-11-7-10(9-16(4,5)17)8-12(21-6)13(11)19/h7-8,19H,9,17H2,1-6H3,(H,18,20). The van der Waals surface area contributed by atoms with Crippen molar-refractivity contribution < 1.29 is 19.4 Å². The molecule has 0 radical (unpaired) electrons. The van der Waals surface area contributed by atoms with Crippen LogP contribution in [0.1, 0.15) is 40.2 Å². The van der Waals surface area contributed by atoms with Gasteiger partial charge in [0.15, 0.2) is 11.5 Å². The fourth-order valence-corrected chi connectivity index (χ4v) is 1.96. The van der Waals surface area contributed by atoms with Gasteiger partial charge >= 0.3 is 6.09 Å². The van der Waals surface area contributed by atoms with Crippen molar-refractivity contribution in [2.45, 2.75) is 52.2 Å². The summed E-state index contributed by atoms with van der Waals surface area (Å²) in [5.74, 6) is 0.125. The second kappa shape index (κ2) is 6.44. The van der Waals surface area contributed by atoms with Crippen molar-refractivity contribution >= 4 is 11.8 Å². The zero-order valence-electron chi connectivity index (χ0n) is 14.1. The first-order valence-corrected chi connectivity index (χ1v) is 7.10. The van der Waals surface area contributed by atoms with Gasteiger partial charge in [0.25, 0.3) is 0 Å². The fourth-order valence-electron chi connectivity index (χ4n) is 1.96. The molecule has 1 amide bonds. The van der Waals surface area contributed by atoms with Gasteiger partial charge < -0.3 is 20.3 Å². The van der Waals surface area contributed by atoms with E-state index in [1.54, 1.807) is 32.9 Å². The summed E-state index contributed by atoms with van der Waals surface area (Å²) in [5, 5.41) is 12.7. The minimum Gasteiger partial charge on any atom is -0.503 e. The molecule has 6 nitrogen and oxygen atoms in total. The Labute approximate surface area is 131 Å². The van der Waals surface area contributed by atoms with Crippen LogP contribution in [0.25, 0.3) is 0 Å². The van der Waals surface area contributed by atoms with Crippen LogP contribution in [0.15, 0.2) is 12.1 Å². The highest BCUT2D eigenvalue weighted by Crippen LogP contribution is 2.36. The van der Waals surface area contributed by atoms with E-state index in [0.717, 1.165) is 5.56 Å². The van der Waals surface area contributed by atoms with Gasteiger partial charge in [-0.25, -0.2) is 4.79 Å². The fraction of sp³-hybridized carbons (Fsp3) is 0.562. The summed E-state index contributed by atoms with van der Waals surface area (Å²) in [6, 6.07) is 3.36. The molecule has 0 heterocycles. The first kappa shape index (κ1) is 18.1. The van der Waals surface area contributed by atoms with Crippen LogP contribution in [0.4, 0.5) is 10.5 Å². The number of hydrogen-bond acceptors (Lipinski definition) is 5. The number of aromatic hydroxyl groups is 1. The van der Waals surface area contributed by atoms with Crippen molar-refractivity contribution in [3.05, 3.63) is 17.7 Å². The van der Waals surface area contributed by atoms with Crippen molar-refractivity contribution in [2.75, 3.05) is 12.4 Å². The quantitative estimate of drug-likeness (QED) is 0.743. The molecule has 0 aliphatic rings. The molecule has 0 bridgehead atoms. The van der Waals surface area contributed by atoms with Crippen molar-refractivity contribution in [2.24, 2.45) is 5.73 Å². The van der Waals surface area contributed by atoms with E-state index < -0.39 is 17.2 Å². The van der Waals surface area contributed by atoms with Crippen LogP contribution in [-0.2, 0) is 11.2 Å². The summed E-state index contributed by atoms with van der Waals surface area (Å²) < 4.78 is 10.3. The van der Waals surface area contributed by atoms with Crippen LogP contribution < -0.4 is 15.8 Å². The summed E-state index contributed by atoms with van der Waals surface area (Å²) in [7, 11) is 1.45. The molecule has 0 fully saturated rings. The first-order chi connectivity index (χ1) is 9.91. The average molecular weight is 310 g/mol. The van der Waals surface area contributed by atoms with Crippen LogP contribution in [0, 0.1) is 0 Å². The van der Waals surface area contributed by atoms with Gasteiger partial charge in [-0.2, -0.15) is 0 Å². The van der Waals surface area contributed by atoms with Crippen molar-refractivity contribution in [3.8, 4) is 11.5 Å². The summed E-state index contributed by atoms with van der Waals surface area (Å²) >= 11 is 0. The lowest BCUT2D eigenvalue weighted by atomic mass is 9.95. The highest BCUT2D eigenvalue weighted by molar-refractivity contribution is 5.88.